The Morgan fingerprint density at radius 1 is 0.833 bits per heavy atom. The van der Waals surface area contributed by atoms with Crippen molar-refractivity contribution in [3.8, 4) is 5.75 Å². The van der Waals surface area contributed by atoms with Gasteiger partial charge in [-0.15, -0.1) is 0 Å². The van der Waals surface area contributed by atoms with Crippen LogP contribution in [-0.2, 0) is 30.0 Å². The molecule has 2 N–H and O–H groups in total. The lowest BCUT2D eigenvalue weighted by molar-refractivity contribution is -0.145. The molecular weight excluding hydrogens is 414 g/mol. The smallest absolute Gasteiger partial charge is 0.416 e. The molecule has 0 unspecified atom stereocenters. The summed E-state index contributed by atoms with van der Waals surface area (Å²) in [7, 11) is 0. The second-order valence-electron chi connectivity index (χ2n) is 6.70. The zero-order valence-electron chi connectivity index (χ0n) is 15.1. The Kier molecular flexibility index (Phi) is 5.40. The molecule has 0 radical (unpaired) electrons. The predicted octanol–water partition coefficient (Wildman–Crippen LogP) is 5.80. The predicted molar refractivity (Wildman–Crippen MR) is 96.2 cm³/mol. The molecule has 158 valence electrons. The molecule has 3 rings (SSSR count). The Hall–Kier alpha value is -3.23. The number of halogens is 6. The fourth-order valence-corrected chi connectivity index (χ4v) is 3.39. The van der Waals surface area contributed by atoms with Crippen LogP contribution < -0.4 is 0 Å². The van der Waals surface area contributed by atoms with Gasteiger partial charge in [-0.1, -0.05) is 30.3 Å². The Balaban J connectivity index is 2.28. The first-order chi connectivity index (χ1) is 13.9. The fourth-order valence-electron chi connectivity index (χ4n) is 3.39. The first kappa shape index (κ1) is 21.5. The van der Waals surface area contributed by atoms with Crippen molar-refractivity contribution >= 4 is 16.7 Å². The highest BCUT2D eigenvalue weighted by atomic mass is 19.4. The third kappa shape index (κ3) is 4.34. The van der Waals surface area contributed by atoms with Crippen LogP contribution in [0, 0.1) is 0 Å². The SMILES string of the molecule is O=C(O)Cc1cc(C(F)(F)F)c(Cc2ccc(O)c3ccccc23)c(C(F)(F)F)c1. The van der Waals surface area contributed by atoms with E-state index in [9.17, 15) is 36.2 Å². The van der Waals surface area contributed by atoms with Gasteiger partial charge in [0, 0.05) is 5.39 Å². The summed E-state index contributed by atoms with van der Waals surface area (Å²) >= 11 is 0. The zero-order chi connectivity index (χ0) is 22.3. The first-order valence-electron chi connectivity index (χ1n) is 8.59. The van der Waals surface area contributed by atoms with E-state index in [1.807, 2.05) is 0 Å². The molecule has 0 saturated heterocycles. The van der Waals surface area contributed by atoms with E-state index in [1.54, 1.807) is 12.1 Å². The number of hydrogen-bond donors (Lipinski definition) is 2. The molecule has 9 heteroatoms. The number of aromatic hydroxyl groups is 1. The molecule has 0 spiro atoms. The molecule has 0 aliphatic carbocycles. The van der Waals surface area contributed by atoms with Crippen molar-refractivity contribution in [3.05, 3.63) is 76.3 Å². The second kappa shape index (κ2) is 7.55. The van der Waals surface area contributed by atoms with E-state index < -0.39 is 53.4 Å². The summed E-state index contributed by atoms with van der Waals surface area (Å²) in [6, 6.07) is 9.48. The highest BCUT2D eigenvalue weighted by Crippen LogP contribution is 2.42. The van der Waals surface area contributed by atoms with E-state index >= 15 is 0 Å². The van der Waals surface area contributed by atoms with Crippen LogP contribution in [-0.4, -0.2) is 16.2 Å². The lowest BCUT2D eigenvalue weighted by Gasteiger charge is -2.21. The molecule has 0 bridgehead atoms. The van der Waals surface area contributed by atoms with Crippen molar-refractivity contribution in [2.24, 2.45) is 0 Å². The van der Waals surface area contributed by atoms with E-state index in [0.29, 0.717) is 22.9 Å². The summed E-state index contributed by atoms with van der Waals surface area (Å²) in [4.78, 5) is 10.9. The van der Waals surface area contributed by atoms with Gasteiger partial charge in [0.15, 0.2) is 0 Å². The number of rotatable bonds is 4. The van der Waals surface area contributed by atoms with Gasteiger partial charge in [0.05, 0.1) is 17.5 Å². The maximum atomic E-state index is 13.7. The van der Waals surface area contributed by atoms with Gasteiger partial charge in [-0.2, -0.15) is 26.3 Å². The third-order valence-corrected chi connectivity index (χ3v) is 4.63. The van der Waals surface area contributed by atoms with Gasteiger partial charge in [-0.05, 0) is 46.7 Å². The monoisotopic (exact) mass is 428 g/mol. The van der Waals surface area contributed by atoms with Crippen LogP contribution in [0.1, 0.15) is 27.8 Å². The van der Waals surface area contributed by atoms with Crippen molar-refractivity contribution < 1.29 is 41.4 Å². The van der Waals surface area contributed by atoms with Gasteiger partial charge in [-0.25, -0.2) is 0 Å². The average Bonchev–Trinajstić information content (AvgIpc) is 2.63. The second-order valence-corrected chi connectivity index (χ2v) is 6.70. The third-order valence-electron chi connectivity index (χ3n) is 4.63. The maximum Gasteiger partial charge on any atom is 0.416 e. The molecule has 0 saturated carbocycles. The molecule has 0 atom stereocenters. The first-order valence-corrected chi connectivity index (χ1v) is 8.59. The lowest BCUT2D eigenvalue weighted by atomic mass is 9.89. The molecule has 0 aliphatic rings. The number of phenols is 1. The van der Waals surface area contributed by atoms with Gasteiger partial charge in [0.25, 0.3) is 0 Å². The molecule has 0 aromatic heterocycles. The summed E-state index contributed by atoms with van der Waals surface area (Å²) < 4.78 is 82.0. The number of carboxylic acid groups (broad SMARTS) is 1. The minimum Gasteiger partial charge on any atom is -0.507 e. The molecule has 0 aliphatic heterocycles. The van der Waals surface area contributed by atoms with Crippen LogP contribution in [0.2, 0.25) is 0 Å². The Morgan fingerprint density at radius 3 is 1.87 bits per heavy atom. The molecule has 0 heterocycles. The molecule has 30 heavy (non-hydrogen) atoms. The van der Waals surface area contributed by atoms with Crippen molar-refractivity contribution in [1.82, 2.24) is 0 Å². The maximum absolute atomic E-state index is 13.7. The summed E-state index contributed by atoms with van der Waals surface area (Å²) in [5, 5.41) is 19.4. The highest BCUT2D eigenvalue weighted by molar-refractivity contribution is 5.91. The molecular formula is C21H14F6O3. The number of carboxylic acids is 1. The van der Waals surface area contributed by atoms with E-state index in [0.717, 1.165) is 0 Å². The van der Waals surface area contributed by atoms with Crippen molar-refractivity contribution in [2.75, 3.05) is 0 Å². The lowest BCUT2D eigenvalue weighted by Crippen LogP contribution is -2.18. The largest absolute Gasteiger partial charge is 0.507 e. The van der Waals surface area contributed by atoms with Crippen molar-refractivity contribution in [2.45, 2.75) is 25.2 Å². The standard InChI is InChI=1S/C21H14F6O3/c22-20(23,24)16-7-11(9-19(29)30)8-17(21(25,26)27)15(16)10-12-5-6-18(28)14-4-2-1-3-13(12)14/h1-8,28H,9-10H2,(H,29,30). The van der Waals surface area contributed by atoms with E-state index in [-0.39, 0.29) is 11.3 Å². The van der Waals surface area contributed by atoms with Gasteiger partial charge in [0.2, 0.25) is 0 Å². The van der Waals surface area contributed by atoms with Gasteiger partial charge >= 0.3 is 18.3 Å². The van der Waals surface area contributed by atoms with E-state index in [2.05, 4.69) is 0 Å². The number of phenolic OH excluding ortho intramolecular Hbond substituents is 1. The Morgan fingerprint density at radius 2 is 1.37 bits per heavy atom. The molecule has 3 aromatic rings. The molecule has 0 amide bonds. The molecule has 0 fully saturated rings. The summed E-state index contributed by atoms with van der Waals surface area (Å²) in [6.07, 6.45) is -11.9. The minimum absolute atomic E-state index is 0.154. The van der Waals surface area contributed by atoms with Crippen LogP contribution in [0.3, 0.4) is 0 Å². The van der Waals surface area contributed by atoms with E-state index in [4.69, 9.17) is 5.11 Å². The summed E-state index contributed by atoms with van der Waals surface area (Å²) in [5.74, 6) is -1.70. The zero-order valence-corrected chi connectivity index (χ0v) is 15.1. The van der Waals surface area contributed by atoms with Crippen LogP contribution >= 0.6 is 0 Å². The minimum atomic E-state index is -5.13. The normalized spacial score (nSPS) is 12.3. The van der Waals surface area contributed by atoms with Crippen molar-refractivity contribution in [3.63, 3.8) is 0 Å². The number of alkyl halides is 6. The van der Waals surface area contributed by atoms with Crippen LogP contribution in [0.15, 0.2) is 48.5 Å². The number of fused-ring (bicyclic) bond motifs is 1. The fraction of sp³-hybridized carbons (Fsp3) is 0.190. The van der Waals surface area contributed by atoms with Gasteiger partial charge < -0.3 is 10.2 Å². The molecule has 3 aromatic carbocycles. The van der Waals surface area contributed by atoms with Crippen LogP contribution in [0.4, 0.5) is 26.3 Å². The Labute approximate surface area is 166 Å². The Bertz CT molecular complexity index is 1080. The molecule has 3 nitrogen and oxygen atoms in total. The van der Waals surface area contributed by atoms with Crippen LogP contribution in [0.25, 0.3) is 10.8 Å². The number of benzene rings is 3. The summed E-state index contributed by atoms with van der Waals surface area (Å²) in [6.45, 7) is 0. The van der Waals surface area contributed by atoms with E-state index in [1.165, 1.54) is 24.3 Å². The summed E-state index contributed by atoms with van der Waals surface area (Å²) in [5.41, 5.74) is -4.51. The topological polar surface area (TPSA) is 57.5 Å². The quantitative estimate of drug-likeness (QED) is 0.517. The number of carbonyl (C=O) groups is 1. The van der Waals surface area contributed by atoms with Gasteiger partial charge in [0.1, 0.15) is 5.75 Å². The van der Waals surface area contributed by atoms with Gasteiger partial charge in [-0.3, -0.25) is 4.79 Å². The average molecular weight is 428 g/mol. The number of aliphatic carboxylic acids is 1. The number of hydrogen-bond acceptors (Lipinski definition) is 2. The van der Waals surface area contributed by atoms with Crippen LogP contribution in [0.5, 0.6) is 5.75 Å². The highest BCUT2D eigenvalue weighted by Gasteiger charge is 2.41. The van der Waals surface area contributed by atoms with Crippen molar-refractivity contribution in [1.29, 1.82) is 0 Å².